The van der Waals surface area contributed by atoms with E-state index in [-0.39, 0.29) is 11.9 Å². The third-order valence-electron chi connectivity index (χ3n) is 2.65. The van der Waals surface area contributed by atoms with Gasteiger partial charge in [-0.1, -0.05) is 23.7 Å². The number of halogens is 1. The van der Waals surface area contributed by atoms with Crippen LogP contribution in [-0.4, -0.2) is 34.4 Å². The van der Waals surface area contributed by atoms with Crippen molar-refractivity contribution in [1.82, 2.24) is 14.8 Å². The van der Waals surface area contributed by atoms with E-state index in [1.807, 2.05) is 12.1 Å². The van der Waals surface area contributed by atoms with Crippen LogP contribution in [0.3, 0.4) is 0 Å². The molecule has 2 N–H and O–H groups in total. The molecule has 0 saturated heterocycles. The molecule has 7 heteroatoms. The molecule has 0 fully saturated rings. The molecule has 0 aliphatic carbocycles. The predicted molar refractivity (Wildman–Crippen MR) is 70.0 cm³/mol. The van der Waals surface area contributed by atoms with E-state index in [0.717, 1.165) is 5.56 Å². The minimum Gasteiger partial charge on any atom is -0.463 e. The number of ether oxygens (including phenoxy) is 1. The molecule has 0 radical (unpaired) electrons. The van der Waals surface area contributed by atoms with Crippen molar-refractivity contribution in [3.63, 3.8) is 0 Å². The van der Waals surface area contributed by atoms with Crippen molar-refractivity contribution in [3.05, 3.63) is 47.0 Å². The highest BCUT2D eigenvalue weighted by atomic mass is 35.5. The molecule has 0 spiro atoms. The average Bonchev–Trinajstić information content (AvgIpc) is 2.88. The molecule has 0 bridgehead atoms. The maximum absolute atomic E-state index is 11.3. The lowest BCUT2D eigenvalue weighted by Gasteiger charge is -2.15. The van der Waals surface area contributed by atoms with Crippen molar-refractivity contribution in [3.8, 4) is 0 Å². The molecule has 2 aromatic rings. The monoisotopic (exact) mass is 280 g/mol. The minimum atomic E-state index is -0.583. The summed E-state index contributed by atoms with van der Waals surface area (Å²) in [5.74, 6) is -0.580. The van der Waals surface area contributed by atoms with Crippen molar-refractivity contribution in [2.75, 3.05) is 13.7 Å². The van der Waals surface area contributed by atoms with Crippen molar-refractivity contribution < 1.29 is 9.53 Å². The Kier molecular flexibility index (Phi) is 4.13. The Labute approximate surface area is 115 Å². The summed E-state index contributed by atoms with van der Waals surface area (Å²) in [6.07, 6.45) is 1.45. The second-order valence-electron chi connectivity index (χ2n) is 3.85. The van der Waals surface area contributed by atoms with Crippen LogP contribution in [0.4, 0.5) is 0 Å². The molecule has 0 amide bonds. The number of nitrogens with two attached hydrogens (primary N) is 1. The highest BCUT2D eigenvalue weighted by Gasteiger charge is 2.17. The van der Waals surface area contributed by atoms with E-state index in [4.69, 9.17) is 17.3 Å². The van der Waals surface area contributed by atoms with Crippen LogP contribution in [0.5, 0.6) is 0 Å². The molecule has 1 atom stereocenters. The number of methoxy groups -OCH3 is 1. The summed E-state index contributed by atoms with van der Waals surface area (Å²) >= 11 is 5.95. The first-order chi connectivity index (χ1) is 9.15. The number of aromatic nitrogens is 3. The van der Waals surface area contributed by atoms with E-state index in [2.05, 4.69) is 14.8 Å². The molecule has 19 heavy (non-hydrogen) atoms. The first kappa shape index (κ1) is 13.5. The third-order valence-corrected chi connectivity index (χ3v) is 2.89. The Morgan fingerprint density at radius 3 is 3.00 bits per heavy atom. The number of hydrogen-bond donors (Lipinski definition) is 1. The second-order valence-corrected chi connectivity index (χ2v) is 4.28. The number of carbonyl (C=O) groups excluding carboxylic acids is 1. The Bertz CT molecular complexity index is 585. The van der Waals surface area contributed by atoms with Crippen molar-refractivity contribution in [2.24, 2.45) is 5.73 Å². The molecule has 100 valence electrons. The smallest absolute Gasteiger partial charge is 0.377 e. The molecule has 1 aromatic heterocycles. The minimum absolute atomic E-state index is 0.00276. The van der Waals surface area contributed by atoms with Crippen LogP contribution in [0.1, 0.15) is 22.2 Å². The Balaban J connectivity index is 2.32. The van der Waals surface area contributed by atoms with Gasteiger partial charge in [-0.15, -0.1) is 5.10 Å². The Morgan fingerprint density at radius 1 is 1.58 bits per heavy atom. The number of benzene rings is 1. The standard InChI is InChI=1S/C12H13ClN4O2/c1-19-12(18)11-15-7-17(16-11)10(6-14)8-3-2-4-9(13)5-8/h2-5,7,10H,6,14H2,1H3. The fourth-order valence-corrected chi connectivity index (χ4v) is 1.92. The quantitative estimate of drug-likeness (QED) is 0.853. The van der Waals surface area contributed by atoms with E-state index in [1.165, 1.54) is 18.1 Å². The van der Waals surface area contributed by atoms with Gasteiger partial charge in [0.1, 0.15) is 6.33 Å². The first-order valence-corrected chi connectivity index (χ1v) is 5.98. The van der Waals surface area contributed by atoms with Crippen LogP contribution in [-0.2, 0) is 4.74 Å². The van der Waals surface area contributed by atoms with E-state index in [0.29, 0.717) is 11.6 Å². The third kappa shape index (κ3) is 2.91. The molecule has 2 rings (SSSR count). The largest absolute Gasteiger partial charge is 0.463 e. The summed E-state index contributed by atoms with van der Waals surface area (Å²) in [6, 6.07) is 7.07. The number of esters is 1. The Hall–Kier alpha value is -1.92. The average molecular weight is 281 g/mol. The van der Waals surface area contributed by atoms with Crippen molar-refractivity contribution in [2.45, 2.75) is 6.04 Å². The lowest BCUT2D eigenvalue weighted by molar-refractivity contribution is 0.0586. The van der Waals surface area contributed by atoms with Gasteiger partial charge >= 0.3 is 5.97 Å². The highest BCUT2D eigenvalue weighted by Crippen LogP contribution is 2.20. The number of nitrogens with zero attached hydrogens (tertiary/aromatic N) is 3. The van der Waals surface area contributed by atoms with Gasteiger partial charge in [0.05, 0.1) is 13.2 Å². The molecular formula is C12H13ClN4O2. The van der Waals surface area contributed by atoms with Gasteiger partial charge in [-0.2, -0.15) is 0 Å². The molecule has 6 nitrogen and oxygen atoms in total. The molecular weight excluding hydrogens is 268 g/mol. The maximum Gasteiger partial charge on any atom is 0.377 e. The van der Waals surface area contributed by atoms with Gasteiger partial charge in [0.2, 0.25) is 0 Å². The van der Waals surface area contributed by atoms with Gasteiger partial charge in [0.25, 0.3) is 5.82 Å². The lowest BCUT2D eigenvalue weighted by atomic mass is 10.1. The van der Waals surface area contributed by atoms with Crippen LogP contribution in [0.2, 0.25) is 5.02 Å². The van der Waals surface area contributed by atoms with Crippen molar-refractivity contribution >= 4 is 17.6 Å². The fourth-order valence-electron chi connectivity index (χ4n) is 1.72. The molecule has 1 heterocycles. The molecule has 0 aliphatic heterocycles. The summed E-state index contributed by atoms with van der Waals surface area (Å²) < 4.78 is 6.08. The summed E-state index contributed by atoms with van der Waals surface area (Å²) in [6.45, 7) is 0.310. The van der Waals surface area contributed by atoms with E-state index < -0.39 is 5.97 Å². The van der Waals surface area contributed by atoms with Gasteiger partial charge in [-0.3, -0.25) is 0 Å². The van der Waals surface area contributed by atoms with Crippen LogP contribution in [0.25, 0.3) is 0 Å². The van der Waals surface area contributed by atoms with Gasteiger partial charge in [0, 0.05) is 11.6 Å². The zero-order valence-corrected chi connectivity index (χ0v) is 11.0. The van der Waals surface area contributed by atoms with Crippen LogP contribution in [0, 0.1) is 0 Å². The SMILES string of the molecule is COC(=O)c1ncn(C(CN)c2cccc(Cl)c2)n1. The highest BCUT2D eigenvalue weighted by molar-refractivity contribution is 6.30. The van der Waals surface area contributed by atoms with Crippen LogP contribution in [0.15, 0.2) is 30.6 Å². The van der Waals surface area contributed by atoms with Crippen LogP contribution >= 0.6 is 11.6 Å². The molecule has 1 unspecified atom stereocenters. The molecule has 0 saturated carbocycles. The van der Waals surface area contributed by atoms with Gasteiger partial charge in [-0.05, 0) is 17.7 Å². The first-order valence-electron chi connectivity index (χ1n) is 5.60. The van der Waals surface area contributed by atoms with E-state index in [1.54, 1.807) is 12.1 Å². The topological polar surface area (TPSA) is 83.0 Å². The fraction of sp³-hybridized carbons (Fsp3) is 0.250. The maximum atomic E-state index is 11.3. The summed E-state index contributed by atoms with van der Waals surface area (Å²) in [7, 11) is 1.28. The van der Waals surface area contributed by atoms with Gasteiger partial charge in [0.15, 0.2) is 0 Å². The number of hydrogen-bond acceptors (Lipinski definition) is 5. The summed E-state index contributed by atoms with van der Waals surface area (Å²) in [5.41, 5.74) is 6.66. The zero-order valence-electron chi connectivity index (χ0n) is 10.3. The molecule has 0 aliphatic rings. The van der Waals surface area contributed by atoms with Gasteiger partial charge < -0.3 is 10.5 Å². The lowest BCUT2D eigenvalue weighted by Crippen LogP contribution is -2.21. The molecule has 1 aromatic carbocycles. The van der Waals surface area contributed by atoms with E-state index in [9.17, 15) is 4.79 Å². The van der Waals surface area contributed by atoms with Crippen molar-refractivity contribution in [1.29, 1.82) is 0 Å². The number of carbonyl (C=O) groups is 1. The zero-order chi connectivity index (χ0) is 13.8. The summed E-state index contributed by atoms with van der Waals surface area (Å²) in [5, 5.41) is 4.68. The van der Waals surface area contributed by atoms with Crippen LogP contribution < -0.4 is 5.73 Å². The second kappa shape index (κ2) is 5.81. The van der Waals surface area contributed by atoms with Gasteiger partial charge in [-0.25, -0.2) is 14.5 Å². The number of rotatable bonds is 4. The predicted octanol–water partition coefficient (Wildman–Crippen LogP) is 1.27. The van der Waals surface area contributed by atoms with E-state index >= 15 is 0 Å². The normalized spacial score (nSPS) is 12.2. The summed E-state index contributed by atoms with van der Waals surface area (Å²) in [4.78, 5) is 15.2. The Morgan fingerprint density at radius 2 is 2.37 bits per heavy atom.